The van der Waals surface area contributed by atoms with Crippen LogP contribution in [0.3, 0.4) is 0 Å². The number of rotatable bonds is 8. The van der Waals surface area contributed by atoms with Gasteiger partial charge in [-0.1, -0.05) is 29.8 Å². The number of hydrogen-bond donors (Lipinski definition) is 2. The zero-order chi connectivity index (χ0) is 22.5. The predicted molar refractivity (Wildman–Crippen MR) is 124 cm³/mol. The van der Waals surface area contributed by atoms with Crippen LogP contribution in [-0.4, -0.2) is 45.9 Å². The number of hydrogen-bond acceptors (Lipinski definition) is 6. The van der Waals surface area contributed by atoms with Crippen molar-refractivity contribution in [2.45, 2.75) is 13.5 Å². The van der Waals surface area contributed by atoms with Crippen molar-refractivity contribution < 1.29 is 9.53 Å². The van der Waals surface area contributed by atoms with Gasteiger partial charge in [-0.25, -0.2) is 14.6 Å². The highest BCUT2D eigenvalue weighted by Crippen LogP contribution is 2.26. The highest BCUT2D eigenvalue weighted by molar-refractivity contribution is 6.30. The van der Waals surface area contributed by atoms with Gasteiger partial charge in [0.15, 0.2) is 11.5 Å². The number of nitrogens with zero attached hydrogens (tertiary/aromatic N) is 4. The van der Waals surface area contributed by atoms with E-state index in [4.69, 9.17) is 16.3 Å². The molecule has 0 radical (unpaired) electrons. The molecule has 8 nitrogen and oxygen atoms in total. The molecule has 0 saturated heterocycles. The Bertz CT molecular complexity index is 1220. The highest BCUT2D eigenvalue weighted by Gasteiger charge is 2.17. The summed E-state index contributed by atoms with van der Waals surface area (Å²) >= 11 is 5.88. The number of aromatic nitrogens is 4. The summed E-state index contributed by atoms with van der Waals surface area (Å²) in [5.74, 6) is 1.04. The number of halogens is 1. The number of amides is 1. The molecule has 32 heavy (non-hydrogen) atoms. The predicted octanol–water partition coefficient (Wildman–Crippen LogP) is 3.77. The second-order valence-corrected chi connectivity index (χ2v) is 7.58. The normalized spacial score (nSPS) is 11.0. The first-order chi connectivity index (χ1) is 15.6. The average molecular weight is 451 g/mol. The Labute approximate surface area is 190 Å². The zero-order valence-electron chi connectivity index (χ0n) is 17.8. The molecule has 2 heterocycles. The minimum absolute atomic E-state index is 0.163. The molecular weight excluding hydrogens is 428 g/mol. The molecule has 0 aliphatic heterocycles. The molecule has 2 aromatic carbocycles. The smallest absolute Gasteiger partial charge is 0.251 e. The van der Waals surface area contributed by atoms with Gasteiger partial charge >= 0.3 is 0 Å². The molecule has 2 aromatic heterocycles. The van der Waals surface area contributed by atoms with E-state index < -0.39 is 0 Å². The van der Waals surface area contributed by atoms with Crippen molar-refractivity contribution in [3.63, 3.8) is 0 Å². The van der Waals surface area contributed by atoms with E-state index in [1.807, 2.05) is 37.3 Å². The van der Waals surface area contributed by atoms with Gasteiger partial charge in [0.1, 0.15) is 12.4 Å². The molecule has 0 aliphatic rings. The Morgan fingerprint density at radius 1 is 1.06 bits per heavy atom. The van der Waals surface area contributed by atoms with Crippen LogP contribution in [0.5, 0.6) is 0 Å². The van der Waals surface area contributed by atoms with Gasteiger partial charge in [-0.2, -0.15) is 5.10 Å². The summed E-state index contributed by atoms with van der Waals surface area (Å²) in [6.45, 7) is 3.10. The minimum atomic E-state index is -0.163. The largest absolute Gasteiger partial charge is 0.377 e. The molecule has 0 atom stereocenters. The molecule has 2 N–H and O–H groups in total. The van der Waals surface area contributed by atoms with Gasteiger partial charge in [0.25, 0.3) is 5.91 Å². The van der Waals surface area contributed by atoms with E-state index in [0.29, 0.717) is 41.0 Å². The number of ether oxygens (including phenoxy) is 1. The summed E-state index contributed by atoms with van der Waals surface area (Å²) in [5.41, 5.74) is 2.97. The number of benzene rings is 2. The van der Waals surface area contributed by atoms with Crippen LogP contribution in [0, 0.1) is 6.92 Å². The van der Waals surface area contributed by atoms with Gasteiger partial charge in [0.05, 0.1) is 16.8 Å². The van der Waals surface area contributed by atoms with E-state index >= 15 is 0 Å². The number of carbonyl (C=O) groups excluding carboxylic acids is 1. The molecule has 4 rings (SSSR count). The lowest BCUT2D eigenvalue weighted by Crippen LogP contribution is -2.29. The maximum Gasteiger partial charge on any atom is 0.251 e. The molecule has 0 saturated carbocycles. The van der Waals surface area contributed by atoms with Crippen LogP contribution < -0.4 is 10.6 Å². The molecule has 1 amide bonds. The molecule has 4 aromatic rings. The van der Waals surface area contributed by atoms with Gasteiger partial charge in [-0.3, -0.25) is 4.79 Å². The maximum atomic E-state index is 12.3. The van der Waals surface area contributed by atoms with Gasteiger partial charge in [-0.15, -0.1) is 0 Å². The Hall–Kier alpha value is -3.49. The topological polar surface area (TPSA) is 94.0 Å². The van der Waals surface area contributed by atoms with Crippen molar-refractivity contribution in [3.8, 4) is 5.69 Å². The van der Waals surface area contributed by atoms with Crippen LogP contribution in [-0.2, 0) is 11.3 Å². The minimum Gasteiger partial charge on any atom is -0.377 e. The maximum absolute atomic E-state index is 12.3. The number of anilines is 1. The second-order valence-electron chi connectivity index (χ2n) is 7.14. The number of fused-ring (bicyclic) bond motifs is 1. The monoisotopic (exact) mass is 450 g/mol. The van der Waals surface area contributed by atoms with Crippen molar-refractivity contribution in [3.05, 3.63) is 76.7 Å². The first kappa shape index (κ1) is 21.7. The molecule has 0 unspecified atom stereocenters. The number of aryl methyl sites for hydroxylation is 1. The van der Waals surface area contributed by atoms with Crippen LogP contribution in [0.25, 0.3) is 16.7 Å². The van der Waals surface area contributed by atoms with Gasteiger partial charge < -0.3 is 15.4 Å². The van der Waals surface area contributed by atoms with E-state index in [9.17, 15) is 4.79 Å². The fourth-order valence-electron chi connectivity index (χ4n) is 3.36. The average Bonchev–Trinajstić information content (AvgIpc) is 3.14. The molecule has 0 aliphatic carbocycles. The van der Waals surface area contributed by atoms with E-state index in [1.165, 1.54) is 0 Å². The van der Waals surface area contributed by atoms with Gasteiger partial charge in [-0.05, 0) is 43.3 Å². The van der Waals surface area contributed by atoms with Gasteiger partial charge in [0, 0.05) is 30.8 Å². The standard InChI is InChI=1S/C23H23ClN6O2/c1-15-20-21(25-12-13-26-23(31)16-8-10-17(24)11-9-16)27-19(14-32-2)28-22(20)30(29-15)18-6-4-3-5-7-18/h3-11H,12-14H2,1-2H3,(H,26,31)(H,25,27,28). The third-order valence-corrected chi connectivity index (χ3v) is 5.08. The Kier molecular flexibility index (Phi) is 6.63. The van der Waals surface area contributed by atoms with Crippen LogP contribution in [0.15, 0.2) is 54.6 Å². The molecule has 0 bridgehead atoms. The number of nitrogens with one attached hydrogen (secondary N) is 2. The lowest BCUT2D eigenvalue weighted by molar-refractivity contribution is 0.0955. The summed E-state index contributed by atoms with van der Waals surface area (Å²) < 4.78 is 7.05. The van der Waals surface area contributed by atoms with Crippen molar-refractivity contribution in [1.82, 2.24) is 25.1 Å². The van der Waals surface area contributed by atoms with Crippen LogP contribution in [0.1, 0.15) is 21.9 Å². The highest BCUT2D eigenvalue weighted by atomic mass is 35.5. The SMILES string of the molecule is COCc1nc(NCCNC(=O)c2ccc(Cl)cc2)c2c(C)nn(-c3ccccc3)c2n1. The Morgan fingerprint density at radius 3 is 2.53 bits per heavy atom. The molecule has 9 heteroatoms. The third kappa shape index (κ3) is 4.71. The van der Waals surface area contributed by atoms with Crippen molar-refractivity contribution in [2.75, 3.05) is 25.5 Å². The number of carbonyl (C=O) groups is 1. The number of para-hydroxylation sites is 1. The van der Waals surface area contributed by atoms with Crippen molar-refractivity contribution >= 4 is 34.4 Å². The fraction of sp³-hybridized carbons (Fsp3) is 0.217. The summed E-state index contributed by atoms with van der Waals surface area (Å²) in [7, 11) is 1.60. The molecule has 164 valence electrons. The van der Waals surface area contributed by atoms with E-state index in [0.717, 1.165) is 16.8 Å². The zero-order valence-corrected chi connectivity index (χ0v) is 18.6. The molecular formula is C23H23ClN6O2. The summed E-state index contributed by atoms with van der Waals surface area (Å²) in [5, 5.41) is 12.3. The first-order valence-corrected chi connectivity index (χ1v) is 10.5. The fourth-order valence-corrected chi connectivity index (χ4v) is 3.48. The van der Waals surface area contributed by atoms with Crippen molar-refractivity contribution in [2.24, 2.45) is 0 Å². The van der Waals surface area contributed by atoms with E-state index in [1.54, 1.807) is 36.1 Å². The third-order valence-electron chi connectivity index (χ3n) is 4.83. The summed E-state index contributed by atoms with van der Waals surface area (Å²) in [6.07, 6.45) is 0. The second kappa shape index (κ2) is 9.76. The van der Waals surface area contributed by atoms with Crippen LogP contribution >= 0.6 is 11.6 Å². The quantitative estimate of drug-likeness (QED) is 0.397. The lowest BCUT2D eigenvalue weighted by atomic mass is 10.2. The Balaban J connectivity index is 1.54. The lowest BCUT2D eigenvalue weighted by Gasteiger charge is -2.11. The molecule has 0 spiro atoms. The number of methoxy groups -OCH3 is 1. The van der Waals surface area contributed by atoms with Crippen molar-refractivity contribution in [1.29, 1.82) is 0 Å². The van der Waals surface area contributed by atoms with E-state index in [2.05, 4.69) is 25.7 Å². The van der Waals surface area contributed by atoms with Gasteiger partial charge in [0.2, 0.25) is 0 Å². The first-order valence-electron chi connectivity index (χ1n) is 10.1. The summed E-state index contributed by atoms with van der Waals surface area (Å²) in [4.78, 5) is 21.6. The molecule has 0 fully saturated rings. The van der Waals surface area contributed by atoms with Crippen LogP contribution in [0.2, 0.25) is 5.02 Å². The van der Waals surface area contributed by atoms with E-state index in [-0.39, 0.29) is 12.5 Å². The Morgan fingerprint density at radius 2 is 1.81 bits per heavy atom. The summed E-state index contributed by atoms with van der Waals surface area (Å²) in [6, 6.07) is 16.6. The van der Waals surface area contributed by atoms with Crippen LogP contribution in [0.4, 0.5) is 5.82 Å².